The predicted molar refractivity (Wildman–Crippen MR) is 169 cm³/mol. The van der Waals surface area contributed by atoms with Crippen LogP contribution in [-0.4, -0.2) is 26.3 Å². The van der Waals surface area contributed by atoms with E-state index in [9.17, 15) is 5.11 Å². The van der Waals surface area contributed by atoms with Gasteiger partial charge < -0.3 is 15.0 Å². The van der Waals surface area contributed by atoms with E-state index in [0.29, 0.717) is 5.92 Å². The van der Waals surface area contributed by atoms with Gasteiger partial charge in [0.2, 0.25) is 0 Å². The van der Waals surface area contributed by atoms with Crippen LogP contribution in [0.15, 0.2) is 84.9 Å². The van der Waals surface area contributed by atoms with Gasteiger partial charge in [0.15, 0.2) is 0 Å². The van der Waals surface area contributed by atoms with Gasteiger partial charge in [-0.2, -0.15) is 0 Å². The van der Waals surface area contributed by atoms with Crippen molar-refractivity contribution in [1.82, 2.24) is 14.9 Å². The van der Waals surface area contributed by atoms with E-state index in [1.807, 2.05) is 30.3 Å². The zero-order chi connectivity index (χ0) is 27.6. The van der Waals surface area contributed by atoms with E-state index in [4.69, 9.17) is 17.2 Å². The van der Waals surface area contributed by atoms with Gasteiger partial charge in [-0.3, -0.25) is 0 Å². The third kappa shape index (κ3) is 5.16. The molecule has 0 saturated heterocycles. The highest BCUT2D eigenvalue weighted by Gasteiger charge is 2.31. The van der Waals surface area contributed by atoms with Gasteiger partial charge in [0, 0.05) is 28.9 Å². The molecular formula is C35H37N3OS. The molecule has 1 fully saturated rings. The molecule has 6 rings (SSSR count). The molecule has 0 aliphatic heterocycles. The number of rotatable bonds is 8. The second-order valence-electron chi connectivity index (χ2n) is 11.3. The van der Waals surface area contributed by atoms with Crippen LogP contribution in [0.3, 0.4) is 0 Å². The highest BCUT2D eigenvalue weighted by molar-refractivity contribution is 7.80. The van der Waals surface area contributed by atoms with Gasteiger partial charge in [-0.1, -0.05) is 97.9 Å². The molecule has 40 heavy (non-hydrogen) atoms. The van der Waals surface area contributed by atoms with Crippen molar-refractivity contribution in [1.29, 1.82) is 0 Å². The topological polar surface area (TPSA) is 50.1 Å². The lowest BCUT2D eigenvalue weighted by atomic mass is 9.84. The largest absolute Gasteiger partial charge is 0.394 e. The number of aliphatic hydroxyl groups is 1. The average Bonchev–Trinajstić information content (AvgIpc) is 3.60. The smallest absolute Gasteiger partial charge is 0.141 e. The molecule has 0 bridgehead atoms. The van der Waals surface area contributed by atoms with Crippen LogP contribution in [0.4, 0.5) is 0 Å². The summed E-state index contributed by atoms with van der Waals surface area (Å²) in [7, 11) is 0. The SMILES string of the molecule is Cc1cc(C)c2c3ccccc3n(Cc3ccc(C(C(=S)NC(CO)c4ccccc4)C4CCCC4)cc3)c2n1. The standard InChI is InChI=1S/C35H37N3OS/c1-23-20-24(2)36-34-32(23)29-14-8-9-15-31(29)38(34)21-25-16-18-28(19-17-25)33(27-12-6-7-13-27)35(40)37-30(22-39)26-10-4-3-5-11-26/h3-5,8-11,14-20,27,30,33,39H,6-7,12-13,21-22H2,1-2H3,(H,37,40). The summed E-state index contributed by atoms with van der Waals surface area (Å²) in [5, 5.41) is 16.2. The summed E-state index contributed by atoms with van der Waals surface area (Å²) >= 11 is 6.06. The van der Waals surface area contributed by atoms with Crippen molar-refractivity contribution in [2.75, 3.05) is 6.61 Å². The van der Waals surface area contributed by atoms with E-state index < -0.39 is 0 Å². The number of fused-ring (bicyclic) bond motifs is 3. The molecular weight excluding hydrogens is 510 g/mol. The fourth-order valence-electron chi connectivity index (χ4n) is 6.66. The van der Waals surface area contributed by atoms with Crippen molar-refractivity contribution in [2.45, 2.75) is 58.0 Å². The Labute approximate surface area is 242 Å². The molecule has 4 nitrogen and oxygen atoms in total. The van der Waals surface area contributed by atoms with Crippen LogP contribution in [0.5, 0.6) is 0 Å². The van der Waals surface area contributed by atoms with Gasteiger partial charge in [-0.15, -0.1) is 0 Å². The van der Waals surface area contributed by atoms with E-state index in [2.05, 4.69) is 78.3 Å². The molecule has 3 aromatic carbocycles. The fraction of sp³-hybridized carbons (Fsp3) is 0.314. The lowest BCUT2D eigenvalue weighted by molar-refractivity contribution is 0.257. The summed E-state index contributed by atoms with van der Waals surface area (Å²) in [6, 6.07) is 29.7. The molecule has 204 valence electrons. The molecule has 0 amide bonds. The Morgan fingerprint density at radius 1 is 0.950 bits per heavy atom. The summed E-state index contributed by atoms with van der Waals surface area (Å²) in [4.78, 5) is 5.80. The maximum atomic E-state index is 10.2. The molecule has 1 aliphatic rings. The number of thiocarbonyl (C=S) groups is 1. The first-order valence-electron chi connectivity index (χ1n) is 14.4. The third-order valence-electron chi connectivity index (χ3n) is 8.58. The van der Waals surface area contributed by atoms with Gasteiger partial charge >= 0.3 is 0 Å². The number of benzene rings is 3. The van der Waals surface area contributed by atoms with Crippen molar-refractivity contribution in [3.63, 3.8) is 0 Å². The molecule has 5 heteroatoms. The normalized spacial score (nSPS) is 15.5. The Kier molecular flexibility index (Phi) is 7.68. The van der Waals surface area contributed by atoms with Crippen molar-refractivity contribution < 1.29 is 5.11 Å². The molecule has 1 saturated carbocycles. The number of para-hydroxylation sites is 1. The quantitative estimate of drug-likeness (QED) is 0.195. The number of aromatic nitrogens is 2. The number of aryl methyl sites for hydroxylation is 2. The van der Waals surface area contributed by atoms with Crippen LogP contribution < -0.4 is 5.32 Å². The van der Waals surface area contributed by atoms with Crippen molar-refractivity contribution in [2.24, 2.45) is 5.92 Å². The van der Waals surface area contributed by atoms with Gasteiger partial charge in [0.05, 0.1) is 23.2 Å². The number of hydrogen-bond acceptors (Lipinski definition) is 3. The minimum atomic E-state index is -0.202. The summed E-state index contributed by atoms with van der Waals surface area (Å²) in [6.07, 6.45) is 4.89. The Hall–Kier alpha value is -3.54. The highest BCUT2D eigenvalue weighted by atomic mass is 32.1. The van der Waals surface area contributed by atoms with Crippen LogP contribution in [0.1, 0.15) is 65.6 Å². The second-order valence-corrected chi connectivity index (χ2v) is 11.7. The summed E-state index contributed by atoms with van der Waals surface area (Å²) in [6.45, 7) is 5.02. The summed E-state index contributed by atoms with van der Waals surface area (Å²) in [5.74, 6) is 0.665. The molecule has 2 aromatic heterocycles. The Morgan fingerprint density at radius 2 is 1.65 bits per heavy atom. The second kappa shape index (κ2) is 11.5. The molecule has 2 heterocycles. The maximum Gasteiger partial charge on any atom is 0.141 e. The number of pyridine rings is 1. The third-order valence-corrected chi connectivity index (χ3v) is 8.95. The first-order valence-corrected chi connectivity index (χ1v) is 14.8. The maximum absolute atomic E-state index is 10.2. The van der Waals surface area contributed by atoms with Crippen LogP contribution in [-0.2, 0) is 6.54 Å². The van der Waals surface area contributed by atoms with E-state index in [0.717, 1.165) is 28.4 Å². The lowest BCUT2D eigenvalue weighted by Crippen LogP contribution is -2.35. The Bertz CT molecular complexity index is 1630. The zero-order valence-electron chi connectivity index (χ0n) is 23.3. The van der Waals surface area contributed by atoms with E-state index in [-0.39, 0.29) is 18.6 Å². The van der Waals surface area contributed by atoms with Gasteiger partial charge in [-0.05, 0) is 67.0 Å². The number of nitrogens with one attached hydrogen (secondary N) is 1. The first kappa shape index (κ1) is 26.7. The van der Waals surface area contributed by atoms with Gasteiger partial charge in [0.1, 0.15) is 5.65 Å². The minimum absolute atomic E-state index is 0.00620. The molecule has 2 unspecified atom stereocenters. The van der Waals surface area contributed by atoms with Crippen LogP contribution in [0.2, 0.25) is 0 Å². The van der Waals surface area contributed by atoms with E-state index in [1.54, 1.807) is 0 Å². The monoisotopic (exact) mass is 547 g/mol. The number of aliphatic hydroxyl groups excluding tert-OH is 1. The molecule has 2 N–H and O–H groups in total. The van der Waals surface area contributed by atoms with Crippen LogP contribution >= 0.6 is 12.2 Å². The first-order chi connectivity index (χ1) is 19.5. The van der Waals surface area contributed by atoms with Crippen molar-refractivity contribution >= 4 is 39.1 Å². The van der Waals surface area contributed by atoms with Gasteiger partial charge in [-0.25, -0.2) is 4.98 Å². The van der Waals surface area contributed by atoms with Gasteiger partial charge in [0.25, 0.3) is 0 Å². The van der Waals surface area contributed by atoms with E-state index in [1.165, 1.54) is 58.7 Å². The van der Waals surface area contributed by atoms with Crippen molar-refractivity contribution in [3.05, 3.63) is 113 Å². The molecule has 0 spiro atoms. The lowest BCUT2D eigenvalue weighted by Gasteiger charge is -2.29. The predicted octanol–water partition coefficient (Wildman–Crippen LogP) is 7.78. The molecule has 2 atom stereocenters. The average molecular weight is 548 g/mol. The Balaban J connectivity index is 1.30. The highest BCUT2D eigenvalue weighted by Crippen LogP contribution is 2.39. The number of hydrogen-bond donors (Lipinski definition) is 2. The van der Waals surface area contributed by atoms with E-state index >= 15 is 0 Å². The fourth-order valence-corrected chi connectivity index (χ4v) is 7.13. The summed E-state index contributed by atoms with van der Waals surface area (Å²) < 4.78 is 2.35. The summed E-state index contributed by atoms with van der Waals surface area (Å²) in [5.41, 5.74) is 8.13. The van der Waals surface area contributed by atoms with Crippen LogP contribution in [0, 0.1) is 19.8 Å². The molecule has 0 radical (unpaired) electrons. The Morgan fingerprint density at radius 3 is 2.38 bits per heavy atom. The number of nitrogens with zero attached hydrogens (tertiary/aromatic N) is 2. The zero-order valence-corrected chi connectivity index (χ0v) is 24.1. The van der Waals surface area contributed by atoms with Crippen LogP contribution in [0.25, 0.3) is 21.9 Å². The molecule has 1 aliphatic carbocycles. The van der Waals surface area contributed by atoms with Crippen molar-refractivity contribution in [3.8, 4) is 0 Å². The molecule has 5 aromatic rings. The minimum Gasteiger partial charge on any atom is -0.394 e.